The minimum atomic E-state index is -0.379. The maximum absolute atomic E-state index is 10.7. The van der Waals surface area contributed by atoms with Crippen molar-refractivity contribution in [2.24, 2.45) is 16.7 Å². The van der Waals surface area contributed by atoms with Gasteiger partial charge in [-0.25, -0.2) is 0 Å². The summed E-state index contributed by atoms with van der Waals surface area (Å²) in [5, 5.41) is 10.7. The highest BCUT2D eigenvalue weighted by atomic mass is 16.5. The van der Waals surface area contributed by atoms with Crippen LogP contribution in [-0.2, 0) is 4.74 Å². The van der Waals surface area contributed by atoms with Gasteiger partial charge in [-0.1, -0.05) is 20.8 Å². The predicted octanol–water partition coefficient (Wildman–Crippen LogP) is 1.99. The number of rotatable bonds is 7. The van der Waals surface area contributed by atoms with Crippen molar-refractivity contribution in [1.82, 2.24) is 0 Å². The molecule has 0 aromatic heterocycles. The molecule has 2 saturated carbocycles. The van der Waals surface area contributed by atoms with Crippen LogP contribution >= 0.6 is 0 Å². The highest BCUT2D eigenvalue weighted by Crippen LogP contribution is 2.63. The lowest BCUT2D eigenvalue weighted by Gasteiger charge is -2.42. The van der Waals surface area contributed by atoms with Crippen molar-refractivity contribution in [3.63, 3.8) is 0 Å². The zero-order valence-electron chi connectivity index (χ0n) is 18.6. The lowest BCUT2D eigenvalue weighted by Crippen LogP contribution is -3.16. The normalized spacial score (nSPS) is 32.5. The van der Waals surface area contributed by atoms with Gasteiger partial charge in [0.05, 0.1) is 46.0 Å². The van der Waals surface area contributed by atoms with Gasteiger partial charge in [0, 0.05) is 5.69 Å². The lowest BCUT2D eigenvalue weighted by molar-refractivity contribution is -0.903. The van der Waals surface area contributed by atoms with Crippen LogP contribution in [0.1, 0.15) is 40.0 Å². The smallest absolute Gasteiger partial charge is 0.126 e. The summed E-state index contributed by atoms with van der Waals surface area (Å²) in [5.74, 6) is 1.68. The SMILES string of the molecule is COc1ccc(N2CC[NH+](C[C@@H](O)CO[C@@H]3C(C)(C)[C@@H]4CC[C@@]3(C)C4)CC2)cc1. The highest BCUT2D eigenvalue weighted by Gasteiger charge is 2.60. The summed E-state index contributed by atoms with van der Waals surface area (Å²) < 4.78 is 11.6. The van der Waals surface area contributed by atoms with E-state index < -0.39 is 0 Å². The number of fused-ring (bicyclic) bond motifs is 2. The van der Waals surface area contributed by atoms with E-state index in [0.29, 0.717) is 12.0 Å². The maximum Gasteiger partial charge on any atom is 0.126 e. The van der Waals surface area contributed by atoms with Gasteiger partial charge in [-0.3, -0.25) is 0 Å². The summed E-state index contributed by atoms with van der Waals surface area (Å²) in [7, 11) is 1.70. The molecule has 3 fully saturated rings. The van der Waals surface area contributed by atoms with E-state index in [1.807, 2.05) is 12.1 Å². The number of quaternary nitrogens is 1. The van der Waals surface area contributed by atoms with Gasteiger partial charge in [-0.15, -0.1) is 0 Å². The molecule has 1 aromatic rings. The second-order valence-corrected chi connectivity index (χ2v) is 10.4. The Morgan fingerprint density at radius 1 is 1.17 bits per heavy atom. The third-order valence-corrected chi connectivity index (χ3v) is 8.03. The van der Waals surface area contributed by atoms with Gasteiger partial charge >= 0.3 is 0 Å². The van der Waals surface area contributed by atoms with Crippen LogP contribution in [0.4, 0.5) is 5.69 Å². The van der Waals surface area contributed by atoms with Gasteiger partial charge in [0.1, 0.15) is 18.4 Å². The molecule has 0 spiro atoms. The Balaban J connectivity index is 1.22. The molecule has 4 rings (SSSR count). The topological polar surface area (TPSA) is 46.4 Å². The first-order chi connectivity index (χ1) is 13.8. The van der Waals surface area contributed by atoms with E-state index in [-0.39, 0.29) is 17.6 Å². The van der Waals surface area contributed by atoms with Gasteiger partial charge in [-0.2, -0.15) is 0 Å². The van der Waals surface area contributed by atoms with E-state index in [1.165, 1.54) is 29.8 Å². The van der Waals surface area contributed by atoms with Crippen LogP contribution in [0.2, 0.25) is 0 Å². The predicted molar refractivity (Wildman–Crippen MR) is 116 cm³/mol. The van der Waals surface area contributed by atoms with E-state index in [4.69, 9.17) is 9.47 Å². The molecule has 1 saturated heterocycles. The lowest BCUT2D eigenvalue weighted by atomic mass is 9.70. The van der Waals surface area contributed by atoms with Crippen LogP contribution in [0, 0.1) is 16.7 Å². The monoisotopic (exact) mass is 403 g/mol. The van der Waals surface area contributed by atoms with Gasteiger partial charge in [0.25, 0.3) is 0 Å². The zero-order chi connectivity index (χ0) is 20.6. The Kier molecular flexibility index (Phi) is 5.84. The standard InChI is InChI=1S/C24H38N2O3/c1-23(2)18-9-10-24(3,15-18)22(23)29-17-20(27)16-25-11-13-26(14-12-25)19-5-7-21(28-4)8-6-19/h5-8,18,20,22,27H,9-17H2,1-4H3/p+1/t18-,20-,22-,24+/m1/s1. The highest BCUT2D eigenvalue weighted by molar-refractivity contribution is 5.49. The average molecular weight is 404 g/mol. The fraction of sp³-hybridized carbons (Fsp3) is 0.750. The van der Waals surface area contributed by atoms with E-state index in [9.17, 15) is 5.11 Å². The zero-order valence-corrected chi connectivity index (χ0v) is 18.6. The van der Waals surface area contributed by atoms with Gasteiger partial charge in [0.15, 0.2) is 0 Å². The maximum atomic E-state index is 10.7. The van der Waals surface area contributed by atoms with Crippen molar-refractivity contribution in [3.8, 4) is 5.75 Å². The molecule has 3 aliphatic rings. The number of nitrogens with zero attached hydrogens (tertiary/aromatic N) is 1. The molecule has 2 aliphatic carbocycles. The quantitative estimate of drug-likeness (QED) is 0.731. The molecule has 0 unspecified atom stereocenters. The van der Waals surface area contributed by atoms with Crippen LogP contribution < -0.4 is 14.5 Å². The number of hydrogen-bond acceptors (Lipinski definition) is 4. The number of benzene rings is 1. The summed E-state index contributed by atoms with van der Waals surface area (Å²) in [4.78, 5) is 3.90. The second kappa shape index (κ2) is 8.09. The molecule has 4 atom stereocenters. The molecule has 0 radical (unpaired) electrons. The van der Waals surface area contributed by atoms with Crippen molar-refractivity contribution in [2.45, 2.75) is 52.2 Å². The van der Waals surface area contributed by atoms with Crippen LogP contribution in [0.15, 0.2) is 24.3 Å². The first-order valence-corrected chi connectivity index (χ1v) is 11.3. The summed E-state index contributed by atoms with van der Waals surface area (Å²) in [6.07, 6.45) is 3.82. The Labute approximate surface area is 176 Å². The molecular formula is C24H39N2O3+. The number of anilines is 1. The van der Waals surface area contributed by atoms with Crippen LogP contribution in [0.25, 0.3) is 0 Å². The second-order valence-electron chi connectivity index (χ2n) is 10.4. The van der Waals surface area contributed by atoms with Gasteiger partial charge in [0.2, 0.25) is 0 Å². The van der Waals surface area contributed by atoms with Crippen LogP contribution in [0.3, 0.4) is 0 Å². The van der Waals surface area contributed by atoms with E-state index in [0.717, 1.165) is 44.4 Å². The third kappa shape index (κ3) is 4.14. The third-order valence-electron chi connectivity index (χ3n) is 8.03. The summed E-state index contributed by atoms with van der Waals surface area (Å²) in [6.45, 7) is 12.5. The summed E-state index contributed by atoms with van der Waals surface area (Å²) in [6, 6.07) is 8.30. The molecule has 1 heterocycles. The van der Waals surface area contributed by atoms with Gasteiger partial charge < -0.3 is 24.4 Å². The number of aliphatic hydroxyl groups is 1. The molecule has 0 amide bonds. The summed E-state index contributed by atoms with van der Waals surface area (Å²) >= 11 is 0. The molecular weight excluding hydrogens is 364 g/mol. The van der Waals surface area contributed by atoms with Crippen molar-refractivity contribution in [1.29, 1.82) is 0 Å². The van der Waals surface area contributed by atoms with Crippen molar-refractivity contribution in [2.75, 3.05) is 51.3 Å². The first-order valence-electron chi connectivity index (χ1n) is 11.3. The molecule has 2 N–H and O–H groups in total. The Morgan fingerprint density at radius 3 is 2.45 bits per heavy atom. The molecule has 162 valence electrons. The largest absolute Gasteiger partial charge is 0.497 e. The summed E-state index contributed by atoms with van der Waals surface area (Å²) in [5.41, 5.74) is 1.80. The first kappa shape index (κ1) is 21.0. The molecule has 1 aromatic carbocycles. The van der Waals surface area contributed by atoms with Crippen molar-refractivity contribution >= 4 is 5.69 Å². The van der Waals surface area contributed by atoms with Crippen LogP contribution in [0.5, 0.6) is 5.75 Å². The minimum Gasteiger partial charge on any atom is -0.497 e. The molecule has 2 bridgehead atoms. The number of aliphatic hydroxyl groups excluding tert-OH is 1. The number of methoxy groups -OCH3 is 1. The van der Waals surface area contributed by atoms with E-state index in [2.05, 4.69) is 37.8 Å². The Hall–Kier alpha value is -1.30. The van der Waals surface area contributed by atoms with Gasteiger partial charge in [-0.05, 0) is 60.3 Å². The fourth-order valence-corrected chi connectivity index (χ4v) is 6.35. The average Bonchev–Trinajstić information content (AvgIpc) is 3.19. The van der Waals surface area contributed by atoms with E-state index in [1.54, 1.807) is 7.11 Å². The Morgan fingerprint density at radius 2 is 1.86 bits per heavy atom. The minimum absolute atomic E-state index is 0.240. The molecule has 5 heteroatoms. The van der Waals surface area contributed by atoms with E-state index >= 15 is 0 Å². The number of nitrogens with one attached hydrogen (secondary N) is 1. The molecule has 5 nitrogen and oxygen atoms in total. The van der Waals surface area contributed by atoms with Crippen molar-refractivity contribution in [3.05, 3.63) is 24.3 Å². The number of piperazine rings is 1. The molecule has 29 heavy (non-hydrogen) atoms. The van der Waals surface area contributed by atoms with Crippen molar-refractivity contribution < 1.29 is 19.5 Å². The molecule has 1 aliphatic heterocycles. The van der Waals surface area contributed by atoms with Crippen LogP contribution in [-0.4, -0.2) is 63.8 Å². The number of hydrogen-bond donors (Lipinski definition) is 2. The fourth-order valence-electron chi connectivity index (χ4n) is 6.35. The Bertz CT molecular complexity index is 679. The number of ether oxygens (including phenoxy) is 2.